The van der Waals surface area contributed by atoms with Crippen molar-refractivity contribution in [2.45, 2.75) is 85.1 Å². The van der Waals surface area contributed by atoms with Gasteiger partial charge in [-0.3, -0.25) is 4.79 Å². The Bertz CT molecular complexity index is 1220. The van der Waals surface area contributed by atoms with E-state index in [1.807, 2.05) is 39.8 Å². The molecule has 11 nitrogen and oxygen atoms in total. The molecule has 0 unspecified atom stereocenters. The zero-order chi connectivity index (χ0) is 29.1. The fourth-order valence-corrected chi connectivity index (χ4v) is 4.39. The summed E-state index contributed by atoms with van der Waals surface area (Å²) in [5.74, 6) is -0.0224. The molecule has 1 N–H and O–H groups in total. The molecule has 214 valence electrons. The molecule has 0 spiro atoms. The Kier molecular flexibility index (Phi) is 8.92. The second-order valence-electron chi connectivity index (χ2n) is 11.6. The summed E-state index contributed by atoms with van der Waals surface area (Å²) in [6.45, 7) is 12.8. The van der Waals surface area contributed by atoms with E-state index >= 15 is 0 Å². The number of rotatable bonds is 7. The second-order valence-corrected chi connectivity index (χ2v) is 11.6. The van der Waals surface area contributed by atoms with Crippen molar-refractivity contribution in [2.24, 2.45) is 5.41 Å². The van der Waals surface area contributed by atoms with Crippen molar-refractivity contribution in [3.8, 4) is 11.6 Å². The summed E-state index contributed by atoms with van der Waals surface area (Å²) in [7, 11) is 2.85. The van der Waals surface area contributed by atoms with Crippen LogP contribution in [0.5, 0.6) is 11.6 Å². The quantitative estimate of drug-likeness (QED) is 0.519. The Hall–Kier alpha value is -3.63. The molecule has 1 aromatic heterocycles. The van der Waals surface area contributed by atoms with Crippen LogP contribution >= 0.6 is 0 Å². The smallest absolute Gasteiger partial charge is 0.408 e. The van der Waals surface area contributed by atoms with Crippen LogP contribution in [0.4, 0.5) is 4.79 Å². The van der Waals surface area contributed by atoms with Crippen molar-refractivity contribution in [2.75, 3.05) is 20.8 Å². The maximum absolute atomic E-state index is 13.8. The van der Waals surface area contributed by atoms with E-state index < -0.39 is 47.2 Å². The summed E-state index contributed by atoms with van der Waals surface area (Å²) in [5.41, 5.74) is 0.555. The molecule has 1 fully saturated rings. The first-order valence-electron chi connectivity index (χ1n) is 13.1. The number of alkyl carbamates (subject to hydrolysis) is 1. The zero-order valence-electron chi connectivity index (χ0n) is 24.3. The Morgan fingerprint density at radius 1 is 1.08 bits per heavy atom. The number of ether oxygens (including phenoxy) is 4. The average Bonchev–Trinajstić information content (AvgIpc) is 3.27. The number of esters is 1. The Morgan fingerprint density at radius 3 is 2.33 bits per heavy atom. The molecule has 2 aromatic rings. The van der Waals surface area contributed by atoms with E-state index in [1.165, 1.54) is 12.0 Å². The molecule has 11 heteroatoms. The highest BCUT2D eigenvalue weighted by Crippen LogP contribution is 2.30. The van der Waals surface area contributed by atoms with Gasteiger partial charge in [-0.1, -0.05) is 27.7 Å². The number of aromatic nitrogens is 2. The Balaban J connectivity index is 1.89. The van der Waals surface area contributed by atoms with Crippen LogP contribution in [0.3, 0.4) is 0 Å². The molecule has 0 radical (unpaired) electrons. The van der Waals surface area contributed by atoms with E-state index in [2.05, 4.69) is 15.3 Å². The first-order chi connectivity index (χ1) is 18.2. The number of methoxy groups -OCH3 is 2. The number of nitrogens with one attached hydrogen (secondary N) is 1. The molecule has 0 bridgehead atoms. The molecule has 2 heterocycles. The van der Waals surface area contributed by atoms with E-state index in [4.69, 9.17) is 18.9 Å². The van der Waals surface area contributed by atoms with Gasteiger partial charge >= 0.3 is 12.1 Å². The predicted octanol–water partition coefficient (Wildman–Crippen LogP) is 3.66. The normalized spacial score (nSPS) is 18.4. The number of nitrogens with zero attached hydrogens (tertiary/aromatic N) is 3. The third kappa shape index (κ3) is 7.27. The molecule has 1 saturated heterocycles. The number of hydrogen-bond donors (Lipinski definition) is 1. The number of aryl methyl sites for hydroxylation is 1. The van der Waals surface area contributed by atoms with Gasteiger partial charge in [0, 0.05) is 12.5 Å². The molecule has 1 aliphatic rings. The van der Waals surface area contributed by atoms with Gasteiger partial charge in [-0.15, -0.1) is 0 Å². The fraction of sp³-hybridized carbons (Fsp3) is 0.607. The molecule has 0 aliphatic carbocycles. The minimum atomic E-state index is -0.961. The van der Waals surface area contributed by atoms with Gasteiger partial charge in [-0.25, -0.2) is 19.6 Å². The number of carbonyl (C=O) groups is 3. The number of carbonyl (C=O) groups excluding carboxylic acids is 3. The van der Waals surface area contributed by atoms with Crippen LogP contribution in [0.2, 0.25) is 0 Å². The number of amides is 2. The molecule has 3 rings (SSSR count). The molecule has 2 amide bonds. The van der Waals surface area contributed by atoms with Crippen LogP contribution in [0, 0.1) is 5.41 Å². The van der Waals surface area contributed by atoms with Crippen molar-refractivity contribution in [3.63, 3.8) is 0 Å². The van der Waals surface area contributed by atoms with Gasteiger partial charge in [0.1, 0.15) is 35.2 Å². The van der Waals surface area contributed by atoms with Crippen molar-refractivity contribution < 1.29 is 33.3 Å². The van der Waals surface area contributed by atoms with Gasteiger partial charge in [0.25, 0.3) is 0 Å². The van der Waals surface area contributed by atoms with Crippen LogP contribution in [0.15, 0.2) is 18.2 Å². The topological polar surface area (TPSA) is 129 Å². The van der Waals surface area contributed by atoms with E-state index in [0.29, 0.717) is 34.8 Å². The molecule has 3 atom stereocenters. The first kappa shape index (κ1) is 29.9. The van der Waals surface area contributed by atoms with Gasteiger partial charge in [-0.2, -0.15) is 0 Å². The Morgan fingerprint density at radius 2 is 1.77 bits per heavy atom. The average molecular weight is 545 g/mol. The number of likely N-dealkylation sites (tertiary alicyclic amines) is 1. The Labute approximate surface area is 229 Å². The lowest BCUT2D eigenvalue weighted by Gasteiger charge is -2.35. The third-order valence-electron chi connectivity index (χ3n) is 6.31. The molecular weight excluding hydrogens is 504 g/mol. The van der Waals surface area contributed by atoms with Gasteiger partial charge in [-0.05, 0) is 44.7 Å². The summed E-state index contributed by atoms with van der Waals surface area (Å²) < 4.78 is 22.0. The first-order valence-corrected chi connectivity index (χ1v) is 13.1. The summed E-state index contributed by atoms with van der Waals surface area (Å²) in [6.07, 6.45) is -0.496. The second kappa shape index (κ2) is 11.6. The fourth-order valence-electron chi connectivity index (χ4n) is 4.39. The van der Waals surface area contributed by atoms with Crippen LogP contribution in [-0.4, -0.2) is 77.4 Å². The minimum absolute atomic E-state index is 0.0994. The number of fused-ring (bicyclic) bond motifs is 1. The summed E-state index contributed by atoms with van der Waals surface area (Å²) in [4.78, 5) is 49.9. The number of hydrogen-bond acceptors (Lipinski definition) is 9. The van der Waals surface area contributed by atoms with Crippen LogP contribution in [0.25, 0.3) is 11.0 Å². The van der Waals surface area contributed by atoms with E-state index in [-0.39, 0.29) is 13.0 Å². The monoisotopic (exact) mass is 544 g/mol. The lowest BCUT2D eigenvalue weighted by Crippen LogP contribution is -2.57. The summed E-state index contributed by atoms with van der Waals surface area (Å²) in [5, 5.41) is 2.70. The summed E-state index contributed by atoms with van der Waals surface area (Å²) in [6, 6.07) is 3.56. The van der Waals surface area contributed by atoms with Crippen molar-refractivity contribution in [1.82, 2.24) is 20.2 Å². The van der Waals surface area contributed by atoms with Crippen LogP contribution in [-0.2, 0) is 25.5 Å². The lowest BCUT2D eigenvalue weighted by molar-refractivity contribution is -0.152. The van der Waals surface area contributed by atoms with Gasteiger partial charge in [0.05, 0.1) is 31.8 Å². The van der Waals surface area contributed by atoms with Crippen molar-refractivity contribution >= 4 is 29.0 Å². The molecule has 39 heavy (non-hydrogen) atoms. The van der Waals surface area contributed by atoms with Gasteiger partial charge in [0.2, 0.25) is 11.8 Å². The highest BCUT2D eigenvalue weighted by molar-refractivity contribution is 5.91. The number of benzene rings is 1. The standard InChI is InChI=1S/C28H40N4O7/c1-10-18-23(30-20-13-16(36-8)11-12-19(20)29-18)38-17-14-21(25(34)37-9)32(15-17)24(33)22(27(2,3)4)31-26(35)39-28(5,6)7/h11-13,17,21-22H,10,14-15H2,1-9H3,(H,31,35)/t17-,21+,22-/m1/s1. The van der Waals surface area contributed by atoms with E-state index in [0.717, 1.165) is 0 Å². The van der Waals surface area contributed by atoms with E-state index in [1.54, 1.807) is 33.9 Å². The van der Waals surface area contributed by atoms with Crippen molar-refractivity contribution in [3.05, 3.63) is 23.9 Å². The third-order valence-corrected chi connectivity index (χ3v) is 6.31. The lowest BCUT2D eigenvalue weighted by atomic mass is 9.85. The summed E-state index contributed by atoms with van der Waals surface area (Å²) >= 11 is 0. The van der Waals surface area contributed by atoms with Gasteiger partial charge < -0.3 is 29.2 Å². The van der Waals surface area contributed by atoms with Gasteiger partial charge in [0.15, 0.2) is 0 Å². The van der Waals surface area contributed by atoms with Crippen LogP contribution in [0.1, 0.15) is 60.6 Å². The molecule has 1 aromatic carbocycles. The maximum Gasteiger partial charge on any atom is 0.408 e. The van der Waals surface area contributed by atoms with Crippen LogP contribution < -0.4 is 14.8 Å². The SMILES string of the molecule is CCc1nc2ccc(OC)cc2nc1O[C@@H]1C[C@@H](C(=O)OC)N(C(=O)[C@@H](NC(=O)OC(C)(C)C)C(C)(C)C)C1. The zero-order valence-corrected chi connectivity index (χ0v) is 24.3. The molecular formula is C28H40N4O7. The molecule has 1 aliphatic heterocycles. The predicted molar refractivity (Wildman–Crippen MR) is 145 cm³/mol. The van der Waals surface area contributed by atoms with E-state index in [9.17, 15) is 14.4 Å². The van der Waals surface area contributed by atoms with Crippen molar-refractivity contribution in [1.29, 1.82) is 0 Å². The molecule has 0 saturated carbocycles. The highest BCUT2D eigenvalue weighted by Gasteiger charge is 2.46. The highest BCUT2D eigenvalue weighted by atomic mass is 16.6. The maximum atomic E-state index is 13.8. The largest absolute Gasteiger partial charge is 0.497 e. The minimum Gasteiger partial charge on any atom is -0.497 e.